The van der Waals surface area contributed by atoms with E-state index >= 15 is 0 Å². The van der Waals surface area contributed by atoms with Gasteiger partial charge in [-0.1, -0.05) is 37.3 Å². The van der Waals surface area contributed by atoms with Gasteiger partial charge < -0.3 is 30.9 Å². The molecule has 158 valence electrons. The molecule has 0 aromatic heterocycles. The monoisotopic (exact) mass is 401 g/mol. The lowest BCUT2D eigenvalue weighted by atomic mass is 10.0. The summed E-state index contributed by atoms with van der Waals surface area (Å²) in [5, 5.41) is 29.0. The number of ether oxygens (including phenoxy) is 1. The minimum Gasteiger partial charge on any atom is -0.506 e. The van der Waals surface area contributed by atoms with Crippen LogP contribution >= 0.6 is 0 Å². The highest BCUT2D eigenvalue weighted by molar-refractivity contribution is 5.97. The molecular weight excluding hydrogens is 370 g/mol. The van der Waals surface area contributed by atoms with Crippen LogP contribution in [0.5, 0.6) is 11.5 Å². The summed E-state index contributed by atoms with van der Waals surface area (Å²) in [6, 6.07) is 13.4. The number of aliphatic hydroxyl groups is 1. The van der Waals surface area contributed by atoms with Crippen molar-refractivity contribution < 1.29 is 19.7 Å². The number of benzene rings is 2. The number of nitrogens with one attached hydrogen (secondary N) is 3. The predicted molar refractivity (Wildman–Crippen MR) is 114 cm³/mol. The number of phenols is 1. The SMILES string of the molecule is CC(CNCC(O)c1ccc(O)c2c1OCC(=O)N2)Cc1ccccc1.CNC. The molecule has 0 aliphatic carbocycles. The molecule has 2 atom stereocenters. The molecule has 1 heterocycles. The van der Waals surface area contributed by atoms with Gasteiger partial charge in [0.05, 0.1) is 6.10 Å². The van der Waals surface area contributed by atoms with Crippen molar-refractivity contribution in [3.63, 3.8) is 0 Å². The zero-order valence-electron chi connectivity index (χ0n) is 17.2. The molecule has 0 bridgehead atoms. The molecule has 7 nitrogen and oxygen atoms in total. The molecule has 1 amide bonds. The number of fused-ring (bicyclic) bond motifs is 1. The summed E-state index contributed by atoms with van der Waals surface area (Å²) in [6.45, 7) is 3.16. The molecule has 3 rings (SSSR count). The zero-order valence-corrected chi connectivity index (χ0v) is 17.2. The van der Waals surface area contributed by atoms with E-state index in [4.69, 9.17) is 4.74 Å². The third-order valence-electron chi connectivity index (χ3n) is 4.39. The Hall–Kier alpha value is -2.61. The van der Waals surface area contributed by atoms with Crippen LogP contribution in [-0.4, -0.2) is 49.9 Å². The molecular formula is C22H31N3O4. The fourth-order valence-electron chi connectivity index (χ4n) is 3.11. The number of aromatic hydroxyl groups is 1. The maximum atomic E-state index is 11.4. The Morgan fingerprint density at radius 2 is 1.83 bits per heavy atom. The lowest BCUT2D eigenvalue weighted by Gasteiger charge is -2.24. The number of carbonyl (C=O) groups is 1. The summed E-state index contributed by atoms with van der Waals surface area (Å²) in [5.41, 5.74) is 2.05. The van der Waals surface area contributed by atoms with Gasteiger partial charge in [0.1, 0.15) is 11.4 Å². The molecule has 5 N–H and O–H groups in total. The summed E-state index contributed by atoms with van der Waals surface area (Å²) in [5.74, 6) is 0.353. The highest BCUT2D eigenvalue weighted by Crippen LogP contribution is 2.41. The summed E-state index contributed by atoms with van der Waals surface area (Å²) >= 11 is 0. The Kier molecular flexibility index (Phi) is 8.92. The van der Waals surface area contributed by atoms with Crippen molar-refractivity contribution in [3.05, 3.63) is 53.6 Å². The largest absolute Gasteiger partial charge is 0.506 e. The number of hydrogen-bond acceptors (Lipinski definition) is 6. The second-order valence-corrected chi connectivity index (χ2v) is 7.18. The van der Waals surface area contributed by atoms with Crippen LogP contribution < -0.4 is 20.7 Å². The second kappa shape index (κ2) is 11.4. The van der Waals surface area contributed by atoms with Crippen molar-refractivity contribution in [3.8, 4) is 11.5 Å². The van der Waals surface area contributed by atoms with E-state index in [0.29, 0.717) is 23.8 Å². The minimum atomic E-state index is -0.803. The van der Waals surface area contributed by atoms with Gasteiger partial charge in [0, 0.05) is 12.1 Å². The smallest absolute Gasteiger partial charge is 0.262 e. The van der Waals surface area contributed by atoms with Crippen molar-refractivity contribution in [2.45, 2.75) is 19.4 Å². The highest BCUT2D eigenvalue weighted by Gasteiger charge is 2.25. The van der Waals surface area contributed by atoms with E-state index in [1.54, 1.807) is 6.07 Å². The number of hydrogen-bond donors (Lipinski definition) is 5. The van der Waals surface area contributed by atoms with Crippen molar-refractivity contribution in [2.24, 2.45) is 5.92 Å². The van der Waals surface area contributed by atoms with Crippen LogP contribution in [0.3, 0.4) is 0 Å². The first-order valence-corrected chi connectivity index (χ1v) is 9.76. The van der Waals surface area contributed by atoms with E-state index in [0.717, 1.165) is 13.0 Å². The number of amides is 1. The van der Waals surface area contributed by atoms with Crippen molar-refractivity contribution >= 4 is 11.6 Å². The highest BCUT2D eigenvalue weighted by atomic mass is 16.5. The first-order chi connectivity index (χ1) is 14.0. The Morgan fingerprint density at radius 1 is 1.14 bits per heavy atom. The Labute approximate surface area is 172 Å². The van der Waals surface area contributed by atoms with Crippen LogP contribution in [0.1, 0.15) is 24.2 Å². The van der Waals surface area contributed by atoms with E-state index in [-0.39, 0.29) is 24.0 Å². The van der Waals surface area contributed by atoms with E-state index in [1.165, 1.54) is 11.6 Å². The first-order valence-electron chi connectivity index (χ1n) is 9.76. The van der Waals surface area contributed by atoms with Crippen LogP contribution in [-0.2, 0) is 11.2 Å². The van der Waals surface area contributed by atoms with Crippen molar-refractivity contribution in [2.75, 3.05) is 39.1 Å². The number of anilines is 1. The standard InChI is InChI=1S/C20H24N2O4.C2H7N/c1-13(9-14-5-3-2-4-6-14)10-21-11-17(24)15-7-8-16(23)19-20(15)26-12-18(25)22-19;1-3-2/h2-8,13,17,21,23-24H,9-12H2,1H3,(H,22,25);3H,1-2H3. The molecule has 2 aromatic carbocycles. The lowest BCUT2D eigenvalue weighted by molar-refractivity contribution is -0.118. The van der Waals surface area contributed by atoms with E-state index in [2.05, 4.69) is 35.0 Å². The number of rotatable bonds is 7. The molecule has 0 spiro atoms. The van der Waals surface area contributed by atoms with Gasteiger partial charge in [-0.3, -0.25) is 4.79 Å². The van der Waals surface area contributed by atoms with E-state index in [1.807, 2.05) is 32.3 Å². The molecule has 7 heteroatoms. The molecule has 2 aromatic rings. The van der Waals surface area contributed by atoms with Crippen LogP contribution in [0.2, 0.25) is 0 Å². The molecule has 0 radical (unpaired) electrons. The van der Waals surface area contributed by atoms with Gasteiger partial charge >= 0.3 is 0 Å². The molecule has 0 saturated heterocycles. The topological polar surface area (TPSA) is 103 Å². The Morgan fingerprint density at radius 3 is 2.52 bits per heavy atom. The van der Waals surface area contributed by atoms with E-state index < -0.39 is 6.10 Å². The van der Waals surface area contributed by atoms with Gasteiger partial charge in [-0.2, -0.15) is 0 Å². The average Bonchev–Trinajstić information content (AvgIpc) is 2.70. The molecule has 29 heavy (non-hydrogen) atoms. The van der Waals surface area contributed by atoms with Gasteiger partial charge in [0.2, 0.25) is 0 Å². The van der Waals surface area contributed by atoms with Gasteiger partial charge in [-0.05, 0) is 50.7 Å². The fraction of sp³-hybridized carbons (Fsp3) is 0.409. The third-order valence-corrected chi connectivity index (χ3v) is 4.39. The summed E-state index contributed by atoms with van der Waals surface area (Å²) in [4.78, 5) is 11.4. The summed E-state index contributed by atoms with van der Waals surface area (Å²) in [6.07, 6.45) is 0.163. The Bertz CT molecular complexity index is 783. The predicted octanol–water partition coefficient (Wildman–Crippen LogP) is 2.06. The Balaban J connectivity index is 0.000000941. The minimum absolute atomic E-state index is 0.0755. The van der Waals surface area contributed by atoms with Crippen LogP contribution in [0.25, 0.3) is 0 Å². The van der Waals surface area contributed by atoms with Crippen LogP contribution in [0.4, 0.5) is 5.69 Å². The normalized spacial score (nSPS) is 14.6. The van der Waals surface area contributed by atoms with Crippen LogP contribution in [0, 0.1) is 5.92 Å². The molecule has 0 fully saturated rings. The van der Waals surface area contributed by atoms with Crippen LogP contribution in [0.15, 0.2) is 42.5 Å². The molecule has 0 saturated carbocycles. The average molecular weight is 402 g/mol. The zero-order chi connectivity index (χ0) is 21.2. The summed E-state index contributed by atoms with van der Waals surface area (Å²) in [7, 11) is 3.75. The molecule has 1 aliphatic rings. The van der Waals surface area contributed by atoms with Crippen molar-refractivity contribution in [1.29, 1.82) is 0 Å². The van der Waals surface area contributed by atoms with Gasteiger partial charge in [-0.15, -0.1) is 0 Å². The number of aliphatic hydroxyl groups excluding tert-OH is 1. The number of phenolic OH excluding ortho intramolecular Hbond substituents is 1. The quantitative estimate of drug-likeness (QED) is 0.455. The maximum Gasteiger partial charge on any atom is 0.262 e. The van der Waals surface area contributed by atoms with Crippen molar-refractivity contribution in [1.82, 2.24) is 10.6 Å². The lowest BCUT2D eigenvalue weighted by Crippen LogP contribution is -2.29. The van der Waals surface area contributed by atoms with Gasteiger partial charge in [0.15, 0.2) is 12.4 Å². The van der Waals surface area contributed by atoms with Gasteiger partial charge in [0.25, 0.3) is 5.91 Å². The maximum absolute atomic E-state index is 11.4. The molecule has 1 aliphatic heterocycles. The van der Waals surface area contributed by atoms with Gasteiger partial charge in [-0.25, -0.2) is 0 Å². The van der Waals surface area contributed by atoms with E-state index in [9.17, 15) is 15.0 Å². The first kappa shape index (κ1) is 22.7. The second-order valence-electron chi connectivity index (χ2n) is 7.18. The number of carbonyl (C=O) groups excluding carboxylic acids is 1. The summed E-state index contributed by atoms with van der Waals surface area (Å²) < 4.78 is 5.42. The molecule has 2 unspecified atom stereocenters. The fourth-order valence-corrected chi connectivity index (χ4v) is 3.11. The third kappa shape index (κ3) is 6.74.